The normalized spacial score (nSPS) is 35.3. The second kappa shape index (κ2) is 8.19. The third-order valence-corrected chi connectivity index (χ3v) is 7.02. The number of nitrogens with zero attached hydrogens (tertiary/aromatic N) is 3. The van der Waals surface area contributed by atoms with E-state index in [-0.39, 0.29) is 17.4 Å². The maximum atomic E-state index is 12.6. The first-order chi connectivity index (χ1) is 13.5. The summed E-state index contributed by atoms with van der Waals surface area (Å²) < 4.78 is 11.6. The number of piperazine rings is 1. The summed E-state index contributed by atoms with van der Waals surface area (Å²) in [7, 11) is 0. The Bertz CT molecular complexity index is 594. The van der Waals surface area contributed by atoms with Crippen LogP contribution in [0.15, 0.2) is 4.99 Å². The van der Waals surface area contributed by atoms with Gasteiger partial charge in [-0.1, -0.05) is 13.8 Å². The van der Waals surface area contributed by atoms with Gasteiger partial charge in [-0.15, -0.1) is 0 Å². The van der Waals surface area contributed by atoms with Crippen molar-refractivity contribution in [2.24, 2.45) is 16.3 Å². The lowest BCUT2D eigenvalue weighted by atomic mass is 9.55. The second-order valence-corrected chi connectivity index (χ2v) is 9.15. The van der Waals surface area contributed by atoms with Crippen LogP contribution in [-0.2, 0) is 14.3 Å². The number of aliphatic imine (C=N–C) groups is 1. The van der Waals surface area contributed by atoms with E-state index in [2.05, 4.69) is 31.0 Å². The molecule has 4 atom stereocenters. The van der Waals surface area contributed by atoms with Crippen LogP contribution in [0.3, 0.4) is 0 Å². The lowest BCUT2D eigenvalue weighted by Crippen LogP contribution is -2.71. The average molecular weight is 393 g/mol. The minimum Gasteiger partial charge on any atom is -0.377 e. The molecule has 3 aliphatic heterocycles. The van der Waals surface area contributed by atoms with Gasteiger partial charge in [-0.3, -0.25) is 9.79 Å². The first kappa shape index (κ1) is 20.0. The minimum absolute atomic E-state index is 0.122. The van der Waals surface area contributed by atoms with Crippen molar-refractivity contribution in [1.82, 2.24) is 15.1 Å². The van der Waals surface area contributed by atoms with E-state index in [4.69, 9.17) is 14.5 Å². The Labute approximate surface area is 168 Å². The van der Waals surface area contributed by atoms with Crippen molar-refractivity contribution in [3.8, 4) is 0 Å². The molecule has 0 aromatic heterocycles. The molecule has 0 spiro atoms. The van der Waals surface area contributed by atoms with Crippen LogP contribution in [-0.4, -0.2) is 85.9 Å². The Hall–Kier alpha value is -1.34. The summed E-state index contributed by atoms with van der Waals surface area (Å²) in [4.78, 5) is 21.7. The molecule has 0 bridgehead atoms. The number of hydrogen-bond donors (Lipinski definition) is 1. The molecule has 3 heterocycles. The maximum Gasteiger partial charge on any atom is 0.251 e. The van der Waals surface area contributed by atoms with Gasteiger partial charge in [0.2, 0.25) is 0 Å². The highest BCUT2D eigenvalue weighted by Crippen LogP contribution is 2.51. The van der Waals surface area contributed by atoms with Crippen LogP contribution in [0.4, 0.5) is 0 Å². The number of carbonyl (C=O) groups excluding carboxylic acids is 1. The van der Waals surface area contributed by atoms with Crippen molar-refractivity contribution < 1.29 is 14.3 Å². The highest BCUT2D eigenvalue weighted by Gasteiger charge is 2.58. The summed E-state index contributed by atoms with van der Waals surface area (Å²) in [6.07, 6.45) is 4.39. The molecule has 158 valence electrons. The molecule has 1 saturated carbocycles. The summed E-state index contributed by atoms with van der Waals surface area (Å²) in [5.41, 5.74) is 0.122. The van der Waals surface area contributed by atoms with E-state index in [1.165, 1.54) is 6.42 Å². The molecule has 28 heavy (non-hydrogen) atoms. The van der Waals surface area contributed by atoms with Gasteiger partial charge in [-0.25, -0.2) is 0 Å². The molecule has 0 aromatic carbocycles. The van der Waals surface area contributed by atoms with Gasteiger partial charge in [0.1, 0.15) is 6.10 Å². The highest BCUT2D eigenvalue weighted by molar-refractivity contribution is 5.83. The highest BCUT2D eigenvalue weighted by atomic mass is 16.5. The van der Waals surface area contributed by atoms with Crippen LogP contribution in [0, 0.1) is 11.3 Å². The zero-order chi connectivity index (χ0) is 19.7. The predicted molar refractivity (Wildman–Crippen MR) is 108 cm³/mol. The summed E-state index contributed by atoms with van der Waals surface area (Å²) >= 11 is 0. The number of amides is 1. The molecule has 1 aliphatic carbocycles. The molecule has 1 amide bonds. The van der Waals surface area contributed by atoms with Crippen LogP contribution >= 0.6 is 0 Å². The quantitative estimate of drug-likeness (QED) is 0.582. The number of guanidine groups is 1. The van der Waals surface area contributed by atoms with Crippen LogP contribution in [0.1, 0.15) is 46.5 Å². The van der Waals surface area contributed by atoms with Crippen molar-refractivity contribution in [3.63, 3.8) is 0 Å². The summed E-state index contributed by atoms with van der Waals surface area (Å²) in [6, 6.07) is 0.398. The number of fused-ring (bicyclic) bond motifs is 1. The van der Waals surface area contributed by atoms with Crippen LogP contribution < -0.4 is 5.32 Å². The smallest absolute Gasteiger partial charge is 0.251 e. The molecule has 1 N–H and O–H groups in total. The van der Waals surface area contributed by atoms with E-state index < -0.39 is 0 Å². The third kappa shape index (κ3) is 3.63. The largest absolute Gasteiger partial charge is 0.377 e. The molecule has 4 unspecified atom stereocenters. The number of carbonyl (C=O) groups is 1. The van der Waals surface area contributed by atoms with Crippen LogP contribution in [0.25, 0.3) is 0 Å². The Kier molecular flexibility index (Phi) is 5.83. The van der Waals surface area contributed by atoms with Crippen molar-refractivity contribution in [3.05, 3.63) is 0 Å². The number of hydrogen-bond acceptors (Lipinski definition) is 4. The number of nitrogens with one attached hydrogen (secondary N) is 1. The van der Waals surface area contributed by atoms with Crippen LogP contribution in [0.2, 0.25) is 0 Å². The van der Waals surface area contributed by atoms with Gasteiger partial charge in [0.05, 0.1) is 6.10 Å². The number of ether oxygens (including phenoxy) is 2. The maximum absolute atomic E-state index is 12.6. The number of rotatable bonds is 3. The first-order valence-electron chi connectivity index (χ1n) is 11.1. The minimum atomic E-state index is -0.215. The van der Waals surface area contributed by atoms with E-state index in [0.29, 0.717) is 18.1 Å². The van der Waals surface area contributed by atoms with Crippen molar-refractivity contribution in [2.45, 2.75) is 64.7 Å². The third-order valence-electron chi connectivity index (χ3n) is 7.02. The SMILES string of the molecule is CCN=C(NC1C2CCCOC2C1(C)C)N1CCN(C(=O)C2CCCO2)CC1. The summed E-state index contributed by atoms with van der Waals surface area (Å²) in [5, 5.41) is 3.78. The average Bonchev–Trinajstić information content (AvgIpc) is 3.25. The first-order valence-corrected chi connectivity index (χ1v) is 11.1. The molecule has 7 nitrogen and oxygen atoms in total. The van der Waals surface area contributed by atoms with E-state index in [1.54, 1.807) is 0 Å². The molecule has 0 aromatic rings. The van der Waals surface area contributed by atoms with Gasteiger partial charge >= 0.3 is 0 Å². The fraction of sp³-hybridized carbons (Fsp3) is 0.905. The van der Waals surface area contributed by atoms with Crippen molar-refractivity contribution >= 4 is 11.9 Å². The molecule has 7 heteroatoms. The molecular weight excluding hydrogens is 356 g/mol. The molecule has 4 aliphatic rings. The fourth-order valence-corrected chi connectivity index (χ4v) is 5.46. The molecule has 3 saturated heterocycles. The molecule has 0 radical (unpaired) electrons. The Morgan fingerprint density at radius 1 is 1.07 bits per heavy atom. The molecular formula is C21H36N4O3. The standard InChI is InChI=1S/C21H36N4O3/c1-4-22-20(23-17-15-7-5-14-28-18(15)21(17,2)3)25-11-9-24(10-12-25)19(26)16-8-6-13-27-16/h15-18H,4-14H2,1-3H3,(H,22,23). The predicted octanol–water partition coefficient (Wildman–Crippen LogP) is 1.48. The van der Waals surface area contributed by atoms with Gasteiger partial charge in [0.15, 0.2) is 5.96 Å². The Morgan fingerprint density at radius 2 is 1.75 bits per heavy atom. The molecule has 4 fully saturated rings. The van der Waals surface area contributed by atoms with Gasteiger partial charge in [0.25, 0.3) is 5.91 Å². The Morgan fingerprint density at radius 3 is 2.43 bits per heavy atom. The lowest BCUT2D eigenvalue weighted by Gasteiger charge is -2.60. The Balaban J connectivity index is 1.35. The van der Waals surface area contributed by atoms with Crippen molar-refractivity contribution in [1.29, 1.82) is 0 Å². The van der Waals surface area contributed by atoms with Gasteiger partial charge in [-0.05, 0) is 32.6 Å². The summed E-state index contributed by atoms with van der Waals surface area (Å²) in [5.74, 6) is 1.74. The lowest BCUT2D eigenvalue weighted by molar-refractivity contribution is -0.188. The zero-order valence-electron chi connectivity index (χ0n) is 17.7. The van der Waals surface area contributed by atoms with E-state index in [9.17, 15) is 4.79 Å². The van der Waals surface area contributed by atoms with Gasteiger partial charge < -0.3 is 24.6 Å². The van der Waals surface area contributed by atoms with E-state index >= 15 is 0 Å². The zero-order valence-corrected chi connectivity index (χ0v) is 17.7. The fourth-order valence-electron chi connectivity index (χ4n) is 5.46. The van der Waals surface area contributed by atoms with E-state index in [1.807, 2.05) is 4.90 Å². The van der Waals surface area contributed by atoms with Crippen LogP contribution in [0.5, 0.6) is 0 Å². The van der Waals surface area contributed by atoms with Gasteiger partial charge in [-0.2, -0.15) is 0 Å². The molecule has 4 rings (SSSR count). The van der Waals surface area contributed by atoms with E-state index in [0.717, 1.165) is 71.2 Å². The topological polar surface area (TPSA) is 66.4 Å². The summed E-state index contributed by atoms with van der Waals surface area (Å²) in [6.45, 7) is 12.2. The second-order valence-electron chi connectivity index (χ2n) is 9.15. The van der Waals surface area contributed by atoms with Crippen molar-refractivity contribution in [2.75, 3.05) is 45.9 Å². The monoisotopic (exact) mass is 392 g/mol. The van der Waals surface area contributed by atoms with Gasteiger partial charge in [0, 0.05) is 63.3 Å².